The summed E-state index contributed by atoms with van der Waals surface area (Å²) in [6.07, 6.45) is -14.3. The molecule has 11 heteroatoms. The Morgan fingerprint density at radius 2 is 1.63 bits per heavy atom. The van der Waals surface area contributed by atoms with Crippen molar-refractivity contribution in [2.75, 3.05) is 0 Å². The summed E-state index contributed by atoms with van der Waals surface area (Å²) < 4.78 is 101. The van der Waals surface area contributed by atoms with Gasteiger partial charge >= 0.3 is 12.5 Å². The van der Waals surface area contributed by atoms with Crippen molar-refractivity contribution in [3.8, 4) is 5.88 Å². The number of aromatic nitrogens is 1. The fourth-order valence-corrected chi connectivity index (χ4v) is 1.26. The summed E-state index contributed by atoms with van der Waals surface area (Å²) in [7, 11) is 0. The van der Waals surface area contributed by atoms with Crippen LogP contribution in [0.15, 0.2) is 6.07 Å². The quantitative estimate of drug-likeness (QED) is 0.745. The van der Waals surface area contributed by atoms with Crippen LogP contribution in [0.5, 0.6) is 5.88 Å². The predicted octanol–water partition coefficient (Wildman–Crippen LogP) is 4.59. The van der Waals surface area contributed by atoms with Crippen LogP contribution in [0.4, 0.5) is 35.1 Å². The second-order valence-corrected chi connectivity index (χ2v) is 3.47. The molecule has 0 radical (unpaired) electrons. The van der Waals surface area contributed by atoms with E-state index in [9.17, 15) is 35.1 Å². The Labute approximate surface area is 104 Å². The van der Waals surface area contributed by atoms with E-state index in [4.69, 9.17) is 11.6 Å². The highest BCUT2D eigenvalue weighted by Crippen LogP contribution is 2.39. The average molecular weight is 316 g/mol. The summed E-state index contributed by atoms with van der Waals surface area (Å²) in [5.41, 5.74) is -3.82. The topological polar surface area (TPSA) is 22.1 Å². The second kappa shape index (κ2) is 4.99. The van der Waals surface area contributed by atoms with Gasteiger partial charge in [-0.3, -0.25) is 0 Å². The Hall–Kier alpha value is -1.32. The number of nitrogens with zero attached hydrogens (tertiary/aromatic N) is 1. The molecule has 0 unspecified atom stereocenters. The normalized spacial score (nSPS) is 12.9. The third-order valence-electron chi connectivity index (χ3n) is 1.69. The number of alkyl halides is 8. The SMILES string of the molecule is FC(F)c1cc(Cl)c(OC(F)(F)F)nc1C(F)(F)F. The van der Waals surface area contributed by atoms with E-state index in [0.29, 0.717) is 0 Å². The number of halogens is 9. The molecule has 19 heavy (non-hydrogen) atoms. The highest BCUT2D eigenvalue weighted by Gasteiger charge is 2.40. The molecule has 1 rings (SSSR count). The summed E-state index contributed by atoms with van der Waals surface area (Å²) in [4.78, 5) is 2.37. The van der Waals surface area contributed by atoms with Gasteiger partial charge in [-0.25, -0.2) is 13.8 Å². The van der Waals surface area contributed by atoms with E-state index in [0.717, 1.165) is 0 Å². The van der Waals surface area contributed by atoms with E-state index in [-0.39, 0.29) is 6.07 Å². The molecule has 0 fully saturated rings. The predicted molar refractivity (Wildman–Crippen MR) is 45.9 cm³/mol. The van der Waals surface area contributed by atoms with Gasteiger partial charge in [0.05, 0.1) is 5.56 Å². The fraction of sp³-hybridized carbons (Fsp3) is 0.375. The van der Waals surface area contributed by atoms with Gasteiger partial charge in [0.15, 0.2) is 5.69 Å². The van der Waals surface area contributed by atoms with Gasteiger partial charge in [0, 0.05) is 0 Å². The molecule has 0 aromatic carbocycles. The first-order valence-corrected chi connectivity index (χ1v) is 4.61. The Kier molecular flexibility index (Phi) is 4.13. The summed E-state index contributed by atoms with van der Waals surface area (Å²) >= 11 is 5.11. The van der Waals surface area contributed by atoms with Crippen molar-refractivity contribution in [3.05, 3.63) is 22.3 Å². The van der Waals surface area contributed by atoms with Crippen LogP contribution in [0, 0.1) is 0 Å². The second-order valence-electron chi connectivity index (χ2n) is 3.06. The fourth-order valence-electron chi connectivity index (χ4n) is 1.06. The van der Waals surface area contributed by atoms with Gasteiger partial charge in [0.2, 0.25) is 5.88 Å². The molecule has 0 bridgehead atoms. The molecule has 0 aliphatic heterocycles. The van der Waals surface area contributed by atoms with Crippen LogP contribution in [0.25, 0.3) is 0 Å². The van der Waals surface area contributed by atoms with Crippen molar-refractivity contribution in [3.63, 3.8) is 0 Å². The van der Waals surface area contributed by atoms with Crippen molar-refractivity contribution < 1.29 is 39.9 Å². The van der Waals surface area contributed by atoms with Crippen LogP contribution >= 0.6 is 11.6 Å². The Morgan fingerprint density at radius 3 is 2.00 bits per heavy atom. The maximum absolute atomic E-state index is 12.4. The van der Waals surface area contributed by atoms with Crippen molar-refractivity contribution in [2.45, 2.75) is 19.0 Å². The first-order valence-electron chi connectivity index (χ1n) is 4.23. The molecule has 0 spiro atoms. The molecule has 1 aromatic rings. The lowest BCUT2D eigenvalue weighted by atomic mass is 10.2. The molecule has 0 aliphatic rings. The minimum Gasteiger partial charge on any atom is -0.386 e. The summed E-state index contributed by atoms with van der Waals surface area (Å²) in [6.45, 7) is 0. The van der Waals surface area contributed by atoms with E-state index >= 15 is 0 Å². The summed E-state index contributed by atoms with van der Waals surface area (Å²) in [5.74, 6) is -1.65. The van der Waals surface area contributed by atoms with E-state index < -0.39 is 41.1 Å². The highest BCUT2D eigenvalue weighted by atomic mass is 35.5. The number of hydrogen-bond acceptors (Lipinski definition) is 2. The average Bonchev–Trinajstić information content (AvgIpc) is 2.16. The zero-order valence-corrected chi connectivity index (χ0v) is 9.17. The highest BCUT2D eigenvalue weighted by molar-refractivity contribution is 6.31. The van der Waals surface area contributed by atoms with E-state index in [1.807, 2.05) is 0 Å². The van der Waals surface area contributed by atoms with Crippen LogP contribution in [0.3, 0.4) is 0 Å². The van der Waals surface area contributed by atoms with Crippen molar-refractivity contribution in [1.82, 2.24) is 4.98 Å². The van der Waals surface area contributed by atoms with Crippen molar-refractivity contribution >= 4 is 11.6 Å². The lowest BCUT2D eigenvalue weighted by Gasteiger charge is -2.15. The molecule has 0 amide bonds. The molecular formula is C8H2ClF8NO. The van der Waals surface area contributed by atoms with Crippen LogP contribution in [0.2, 0.25) is 5.02 Å². The third-order valence-corrected chi connectivity index (χ3v) is 1.96. The van der Waals surface area contributed by atoms with Crippen molar-refractivity contribution in [2.24, 2.45) is 0 Å². The van der Waals surface area contributed by atoms with E-state index in [1.165, 1.54) is 0 Å². The molecule has 0 atom stereocenters. The molecule has 1 aromatic heterocycles. The molecule has 108 valence electrons. The molecular weight excluding hydrogens is 314 g/mol. The smallest absolute Gasteiger partial charge is 0.386 e. The molecule has 2 nitrogen and oxygen atoms in total. The van der Waals surface area contributed by atoms with Crippen LogP contribution in [0.1, 0.15) is 17.7 Å². The monoisotopic (exact) mass is 315 g/mol. The number of ether oxygens (including phenoxy) is 1. The minimum absolute atomic E-state index is 0.0309. The standard InChI is InChI=1S/C8H2ClF8NO/c9-3-1-2(5(10)11)4(7(12,13)14)18-6(3)19-8(15,16)17/h1,5H. The number of hydrogen-bond donors (Lipinski definition) is 0. The maximum atomic E-state index is 12.4. The van der Waals surface area contributed by atoms with Gasteiger partial charge in [0.1, 0.15) is 5.02 Å². The molecule has 0 N–H and O–H groups in total. The summed E-state index contributed by atoms with van der Waals surface area (Å²) in [5, 5.41) is -1.11. The molecule has 0 aliphatic carbocycles. The molecule has 0 saturated carbocycles. The van der Waals surface area contributed by atoms with E-state index in [1.54, 1.807) is 0 Å². The van der Waals surface area contributed by atoms with Gasteiger partial charge in [0.25, 0.3) is 6.43 Å². The minimum atomic E-state index is -5.37. The van der Waals surface area contributed by atoms with Gasteiger partial charge in [-0.05, 0) is 6.07 Å². The Bertz CT molecular complexity index is 469. The first kappa shape index (κ1) is 15.7. The number of rotatable bonds is 2. The Morgan fingerprint density at radius 1 is 1.11 bits per heavy atom. The van der Waals surface area contributed by atoms with Gasteiger partial charge in [-0.2, -0.15) is 13.2 Å². The molecule has 1 heterocycles. The van der Waals surface area contributed by atoms with Crippen molar-refractivity contribution in [1.29, 1.82) is 0 Å². The zero-order chi connectivity index (χ0) is 15.0. The van der Waals surface area contributed by atoms with Crippen LogP contribution in [-0.4, -0.2) is 11.3 Å². The molecule has 0 saturated heterocycles. The Balaban J connectivity index is 3.39. The lowest BCUT2D eigenvalue weighted by Crippen LogP contribution is -2.20. The summed E-state index contributed by atoms with van der Waals surface area (Å²) in [6, 6.07) is 0.0309. The van der Waals surface area contributed by atoms with Gasteiger partial charge < -0.3 is 4.74 Å². The van der Waals surface area contributed by atoms with Gasteiger partial charge in [-0.1, -0.05) is 11.6 Å². The lowest BCUT2D eigenvalue weighted by molar-refractivity contribution is -0.276. The third kappa shape index (κ3) is 4.08. The van der Waals surface area contributed by atoms with E-state index in [2.05, 4.69) is 9.72 Å². The maximum Gasteiger partial charge on any atom is 0.574 e. The first-order chi connectivity index (χ1) is 8.42. The van der Waals surface area contributed by atoms with Crippen LogP contribution in [-0.2, 0) is 6.18 Å². The van der Waals surface area contributed by atoms with Gasteiger partial charge in [-0.15, -0.1) is 13.2 Å². The largest absolute Gasteiger partial charge is 0.574 e. The zero-order valence-electron chi connectivity index (χ0n) is 8.41. The number of pyridine rings is 1. The van der Waals surface area contributed by atoms with Crippen LogP contribution < -0.4 is 4.74 Å².